The molecule has 1 unspecified atom stereocenters. The van der Waals surface area contributed by atoms with Crippen LogP contribution in [-0.2, 0) is 6.42 Å². The van der Waals surface area contributed by atoms with E-state index in [-0.39, 0.29) is 11.7 Å². The highest BCUT2D eigenvalue weighted by molar-refractivity contribution is 9.10. The van der Waals surface area contributed by atoms with E-state index in [1.54, 1.807) is 7.11 Å². The van der Waals surface area contributed by atoms with Gasteiger partial charge in [-0.1, -0.05) is 53.2 Å². The minimum atomic E-state index is -0.0687. The summed E-state index contributed by atoms with van der Waals surface area (Å²) in [5.74, 6) is 0.906. The van der Waals surface area contributed by atoms with Crippen LogP contribution in [0.4, 0.5) is 0 Å². The van der Waals surface area contributed by atoms with Gasteiger partial charge in [0.05, 0.1) is 7.11 Å². The van der Waals surface area contributed by atoms with E-state index in [2.05, 4.69) is 15.9 Å². The number of carbonyl (C=O) groups excluding carboxylic acids is 1. The van der Waals surface area contributed by atoms with Crippen molar-refractivity contribution >= 4 is 21.7 Å². The smallest absolute Gasteiger partial charge is 0.165 e. The van der Waals surface area contributed by atoms with E-state index in [4.69, 9.17) is 4.74 Å². The number of carbonyl (C=O) groups is 1. The average molecular weight is 333 g/mol. The van der Waals surface area contributed by atoms with Crippen LogP contribution in [0.3, 0.4) is 0 Å². The van der Waals surface area contributed by atoms with Gasteiger partial charge in [-0.15, -0.1) is 0 Å². The largest absolute Gasteiger partial charge is 0.497 e. The molecule has 104 valence electrons. The summed E-state index contributed by atoms with van der Waals surface area (Å²) in [5, 5.41) is 0. The van der Waals surface area contributed by atoms with Gasteiger partial charge in [0.2, 0.25) is 0 Å². The molecule has 2 aromatic rings. The van der Waals surface area contributed by atoms with Crippen molar-refractivity contribution in [3.8, 4) is 5.75 Å². The molecule has 2 rings (SSSR count). The van der Waals surface area contributed by atoms with Crippen molar-refractivity contribution in [3.63, 3.8) is 0 Å². The Hall–Kier alpha value is -1.61. The third-order valence-electron chi connectivity index (χ3n) is 3.28. The Bertz CT molecular complexity index is 593. The fourth-order valence-corrected chi connectivity index (χ4v) is 2.55. The van der Waals surface area contributed by atoms with Crippen LogP contribution in [0, 0.1) is 5.92 Å². The van der Waals surface area contributed by atoms with Gasteiger partial charge in [0.15, 0.2) is 5.78 Å². The molecule has 0 saturated heterocycles. The third kappa shape index (κ3) is 3.48. The first kappa shape index (κ1) is 14.8. The summed E-state index contributed by atoms with van der Waals surface area (Å²) >= 11 is 3.53. The van der Waals surface area contributed by atoms with E-state index in [1.165, 1.54) is 0 Å². The number of hydrogen-bond donors (Lipinski definition) is 0. The van der Waals surface area contributed by atoms with Crippen LogP contribution >= 0.6 is 15.9 Å². The van der Waals surface area contributed by atoms with Crippen molar-refractivity contribution in [1.29, 1.82) is 0 Å². The predicted octanol–water partition coefficient (Wildman–Crippen LogP) is 4.52. The fraction of sp³-hybridized carbons (Fsp3) is 0.235. The summed E-state index contributed by atoms with van der Waals surface area (Å²) in [6.07, 6.45) is 0.686. The Morgan fingerprint density at radius 3 is 2.55 bits per heavy atom. The zero-order chi connectivity index (χ0) is 14.5. The van der Waals surface area contributed by atoms with Gasteiger partial charge in [0.1, 0.15) is 5.75 Å². The van der Waals surface area contributed by atoms with Crippen molar-refractivity contribution in [2.45, 2.75) is 13.3 Å². The molecule has 0 aromatic heterocycles. The molecule has 1 atom stereocenters. The molecule has 3 heteroatoms. The number of methoxy groups -OCH3 is 1. The first-order valence-electron chi connectivity index (χ1n) is 6.53. The molecule has 0 saturated carbocycles. The maximum Gasteiger partial charge on any atom is 0.165 e. The van der Waals surface area contributed by atoms with Crippen molar-refractivity contribution in [1.82, 2.24) is 0 Å². The normalized spacial score (nSPS) is 11.9. The van der Waals surface area contributed by atoms with Crippen LogP contribution < -0.4 is 4.74 Å². The molecule has 0 aliphatic carbocycles. The Morgan fingerprint density at radius 2 is 1.90 bits per heavy atom. The van der Waals surface area contributed by atoms with Crippen molar-refractivity contribution < 1.29 is 9.53 Å². The highest BCUT2D eigenvalue weighted by Crippen LogP contribution is 2.25. The average Bonchev–Trinajstić information content (AvgIpc) is 2.49. The van der Waals surface area contributed by atoms with E-state index in [0.29, 0.717) is 6.42 Å². The maximum atomic E-state index is 12.4. The van der Waals surface area contributed by atoms with Crippen molar-refractivity contribution in [3.05, 3.63) is 64.1 Å². The van der Waals surface area contributed by atoms with Crippen LogP contribution in [0.15, 0.2) is 53.0 Å². The van der Waals surface area contributed by atoms with Gasteiger partial charge in [-0.05, 0) is 30.2 Å². The highest BCUT2D eigenvalue weighted by atomic mass is 79.9. The van der Waals surface area contributed by atoms with Gasteiger partial charge in [-0.25, -0.2) is 0 Å². The number of hydrogen-bond acceptors (Lipinski definition) is 2. The molecule has 0 bridgehead atoms. The van der Waals surface area contributed by atoms with Gasteiger partial charge >= 0.3 is 0 Å². The second-order valence-corrected chi connectivity index (χ2v) is 5.65. The van der Waals surface area contributed by atoms with Crippen molar-refractivity contribution in [2.75, 3.05) is 7.11 Å². The summed E-state index contributed by atoms with van der Waals surface area (Å²) in [6.45, 7) is 1.96. The Labute approximate surface area is 127 Å². The quantitative estimate of drug-likeness (QED) is 0.752. The number of halogens is 1. The van der Waals surface area contributed by atoms with Gasteiger partial charge < -0.3 is 4.74 Å². The number of ether oxygens (including phenoxy) is 1. The number of Topliss-reactive ketones (excluding diaryl/α,β-unsaturated/α-hetero) is 1. The van der Waals surface area contributed by atoms with Crippen LogP contribution in [0.25, 0.3) is 0 Å². The topological polar surface area (TPSA) is 26.3 Å². The van der Waals surface area contributed by atoms with E-state index < -0.39 is 0 Å². The maximum absolute atomic E-state index is 12.4. The standard InChI is InChI=1S/C17H17BrO2/c1-12(17(19)13-6-4-3-5-7-13)10-14-11-15(20-2)8-9-16(14)18/h3-9,11-12H,10H2,1-2H3. The predicted molar refractivity (Wildman–Crippen MR) is 84.3 cm³/mol. The molecule has 0 N–H and O–H groups in total. The van der Waals surface area contributed by atoms with Crippen LogP contribution in [0.1, 0.15) is 22.8 Å². The lowest BCUT2D eigenvalue weighted by Gasteiger charge is -2.13. The van der Waals surface area contributed by atoms with E-state index in [1.807, 2.05) is 55.5 Å². The second kappa shape index (κ2) is 6.71. The monoisotopic (exact) mass is 332 g/mol. The lowest BCUT2D eigenvalue weighted by atomic mass is 9.93. The molecule has 2 nitrogen and oxygen atoms in total. The Kier molecular flexibility index (Phi) is 4.96. The first-order valence-corrected chi connectivity index (χ1v) is 7.33. The summed E-state index contributed by atoms with van der Waals surface area (Å²) in [6, 6.07) is 15.2. The summed E-state index contributed by atoms with van der Waals surface area (Å²) in [5.41, 5.74) is 1.85. The van der Waals surface area contributed by atoms with Crippen LogP contribution in [0.2, 0.25) is 0 Å². The first-order chi connectivity index (χ1) is 9.61. The minimum Gasteiger partial charge on any atom is -0.497 e. The van der Waals surface area contributed by atoms with Gasteiger partial charge in [-0.3, -0.25) is 4.79 Å². The number of benzene rings is 2. The van der Waals surface area contributed by atoms with Gasteiger partial charge in [0.25, 0.3) is 0 Å². The molecular weight excluding hydrogens is 316 g/mol. The molecule has 0 radical (unpaired) electrons. The number of ketones is 1. The fourth-order valence-electron chi connectivity index (χ4n) is 2.14. The SMILES string of the molecule is COc1ccc(Br)c(CC(C)C(=O)c2ccccc2)c1. The van der Waals surface area contributed by atoms with E-state index in [0.717, 1.165) is 21.3 Å². The molecule has 0 amide bonds. The minimum absolute atomic E-state index is 0.0687. The third-order valence-corrected chi connectivity index (χ3v) is 4.06. The molecule has 0 aliphatic rings. The van der Waals surface area contributed by atoms with Crippen molar-refractivity contribution in [2.24, 2.45) is 5.92 Å². The lowest BCUT2D eigenvalue weighted by molar-refractivity contribution is 0.0929. The van der Waals surface area contributed by atoms with E-state index in [9.17, 15) is 4.79 Å². The highest BCUT2D eigenvalue weighted by Gasteiger charge is 2.17. The lowest BCUT2D eigenvalue weighted by Crippen LogP contribution is -2.14. The zero-order valence-corrected chi connectivity index (χ0v) is 13.2. The van der Waals surface area contributed by atoms with Crippen LogP contribution in [-0.4, -0.2) is 12.9 Å². The van der Waals surface area contributed by atoms with E-state index >= 15 is 0 Å². The Balaban J connectivity index is 2.15. The molecule has 0 heterocycles. The molecule has 0 aliphatic heterocycles. The Morgan fingerprint density at radius 1 is 1.20 bits per heavy atom. The number of rotatable bonds is 5. The van der Waals surface area contributed by atoms with Crippen LogP contribution in [0.5, 0.6) is 5.75 Å². The second-order valence-electron chi connectivity index (χ2n) is 4.79. The summed E-state index contributed by atoms with van der Waals surface area (Å²) in [7, 11) is 1.64. The van der Waals surface area contributed by atoms with Gasteiger partial charge in [0, 0.05) is 16.0 Å². The summed E-state index contributed by atoms with van der Waals surface area (Å²) in [4.78, 5) is 12.4. The molecule has 0 spiro atoms. The molecular formula is C17H17BrO2. The van der Waals surface area contributed by atoms with Gasteiger partial charge in [-0.2, -0.15) is 0 Å². The zero-order valence-electron chi connectivity index (χ0n) is 11.6. The molecule has 20 heavy (non-hydrogen) atoms. The summed E-state index contributed by atoms with van der Waals surface area (Å²) < 4.78 is 6.24. The molecule has 2 aromatic carbocycles. The molecule has 0 fully saturated rings.